The smallest absolute Gasteiger partial charge is 0.251 e. The van der Waals surface area contributed by atoms with E-state index in [1.165, 1.54) is 0 Å². The van der Waals surface area contributed by atoms with Crippen molar-refractivity contribution in [2.45, 2.75) is 27.7 Å². The van der Waals surface area contributed by atoms with E-state index >= 15 is 0 Å². The molecule has 1 aromatic carbocycles. The molecule has 0 bridgehead atoms. The summed E-state index contributed by atoms with van der Waals surface area (Å²) < 4.78 is 0. The number of nitrogen functional groups attached to an aromatic ring is 1. The molecule has 0 aliphatic rings. The van der Waals surface area contributed by atoms with E-state index in [1.807, 2.05) is 6.07 Å². The second-order valence-corrected chi connectivity index (χ2v) is 6.03. The lowest BCUT2D eigenvalue weighted by Crippen LogP contribution is -2.25. The Morgan fingerprint density at radius 3 is 2.47 bits per heavy atom. The van der Waals surface area contributed by atoms with Crippen molar-refractivity contribution < 1.29 is 4.79 Å². The molecule has 0 saturated carbocycles. The summed E-state index contributed by atoms with van der Waals surface area (Å²) in [7, 11) is 1.61. The van der Waals surface area contributed by atoms with Gasteiger partial charge in [-0.25, -0.2) is 0 Å². The zero-order valence-corrected chi connectivity index (χ0v) is 12.5. The van der Waals surface area contributed by atoms with Crippen LogP contribution in [0.15, 0.2) is 18.2 Å². The number of rotatable bonds is 4. The van der Waals surface area contributed by atoms with Gasteiger partial charge in [0.15, 0.2) is 0 Å². The lowest BCUT2D eigenvalue weighted by atomic mass is 9.82. The van der Waals surface area contributed by atoms with E-state index in [4.69, 9.17) is 5.73 Å². The van der Waals surface area contributed by atoms with Crippen LogP contribution in [-0.4, -0.2) is 19.5 Å². The molecular weight excluding hydrogens is 238 g/mol. The SMILES string of the molecule is CNC(=O)c1ccc(NCC(C)C(C)(C)C)c(N)c1. The number of hydrogen-bond acceptors (Lipinski definition) is 3. The second-order valence-electron chi connectivity index (χ2n) is 6.03. The Bertz CT molecular complexity index is 449. The van der Waals surface area contributed by atoms with Crippen LogP contribution >= 0.6 is 0 Å². The van der Waals surface area contributed by atoms with Crippen molar-refractivity contribution >= 4 is 17.3 Å². The molecule has 4 N–H and O–H groups in total. The maximum absolute atomic E-state index is 11.5. The van der Waals surface area contributed by atoms with E-state index in [-0.39, 0.29) is 11.3 Å². The van der Waals surface area contributed by atoms with Crippen molar-refractivity contribution in [2.24, 2.45) is 11.3 Å². The minimum absolute atomic E-state index is 0.124. The summed E-state index contributed by atoms with van der Waals surface area (Å²) in [6.07, 6.45) is 0. The number of carbonyl (C=O) groups excluding carboxylic acids is 1. The molecule has 106 valence electrons. The Morgan fingerprint density at radius 2 is 2.00 bits per heavy atom. The molecule has 1 atom stereocenters. The summed E-state index contributed by atoms with van der Waals surface area (Å²) in [5.74, 6) is 0.395. The van der Waals surface area contributed by atoms with Crippen molar-refractivity contribution in [1.29, 1.82) is 0 Å². The second kappa shape index (κ2) is 5.95. The van der Waals surface area contributed by atoms with Gasteiger partial charge in [0.1, 0.15) is 0 Å². The summed E-state index contributed by atoms with van der Waals surface area (Å²) in [6, 6.07) is 5.33. The first-order chi connectivity index (χ1) is 8.75. The Balaban J connectivity index is 2.73. The molecule has 4 nitrogen and oxygen atoms in total. The fourth-order valence-electron chi connectivity index (χ4n) is 1.58. The molecule has 19 heavy (non-hydrogen) atoms. The van der Waals surface area contributed by atoms with Crippen LogP contribution in [0.25, 0.3) is 0 Å². The molecular formula is C15H25N3O. The van der Waals surface area contributed by atoms with Crippen LogP contribution in [0.3, 0.4) is 0 Å². The highest BCUT2D eigenvalue weighted by molar-refractivity contribution is 5.95. The Hall–Kier alpha value is -1.71. The number of anilines is 2. The van der Waals surface area contributed by atoms with Gasteiger partial charge in [-0.05, 0) is 29.5 Å². The number of hydrogen-bond donors (Lipinski definition) is 3. The molecule has 0 heterocycles. The predicted octanol–water partition coefficient (Wildman–Crippen LogP) is 2.72. The highest BCUT2D eigenvalue weighted by Gasteiger charge is 2.19. The van der Waals surface area contributed by atoms with Gasteiger partial charge in [0.05, 0.1) is 11.4 Å². The first-order valence-electron chi connectivity index (χ1n) is 6.61. The minimum atomic E-state index is -0.124. The number of nitrogens with two attached hydrogens (primary N) is 1. The summed E-state index contributed by atoms with van der Waals surface area (Å²) in [5.41, 5.74) is 8.28. The fourth-order valence-corrected chi connectivity index (χ4v) is 1.58. The van der Waals surface area contributed by atoms with Gasteiger partial charge in [0, 0.05) is 19.2 Å². The molecule has 0 saturated heterocycles. The normalized spacial score (nSPS) is 12.9. The molecule has 0 spiro atoms. The standard InChI is InChI=1S/C15H25N3O/c1-10(15(2,3)4)9-18-13-7-6-11(8-12(13)16)14(19)17-5/h6-8,10,18H,9,16H2,1-5H3,(H,17,19). The first-order valence-corrected chi connectivity index (χ1v) is 6.61. The molecule has 0 aliphatic heterocycles. The van der Waals surface area contributed by atoms with Crippen LogP contribution in [0.2, 0.25) is 0 Å². The lowest BCUT2D eigenvalue weighted by Gasteiger charge is -2.28. The highest BCUT2D eigenvalue weighted by atomic mass is 16.1. The summed E-state index contributed by atoms with van der Waals surface area (Å²) in [5, 5.41) is 5.93. The predicted molar refractivity (Wildman–Crippen MR) is 81.4 cm³/mol. The van der Waals surface area contributed by atoms with Crippen molar-refractivity contribution in [1.82, 2.24) is 5.32 Å². The Labute approximate surface area is 115 Å². The number of benzene rings is 1. The third-order valence-corrected chi connectivity index (χ3v) is 3.62. The van der Waals surface area contributed by atoms with Crippen LogP contribution in [-0.2, 0) is 0 Å². The molecule has 0 aliphatic carbocycles. The Morgan fingerprint density at radius 1 is 1.37 bits per heavy atom. The lowest BCUT2D eigenvalue weighted by molar-refractivity contribution is 0.0963. The summed E-state index contributed by atoms with van der Waals surface area (Å²) in [4.78, 5) is 11.5. The van der Waals surface area contributed by atoms with Crippen LogP contribution in [0.5, 0.6) is 0 Å². The molecule has 1 aromatic rings. The number of nitrogens with one attached hydrogen (secondary N) is 2. The van der Waals surface area contributed by atoms with Crippen molar-refractivity contribution in [2.75, 3.05) is 24.6 Å². The van der Waals surface area contributed by atoms with Gasteiger partial charge >= 0.3 is 0 Å². The van der Waals surface area contributed by atoms with Gasteiger partial charge in [-0.15, -0.1) is 0 Å². The van der Waals surface area contributed by atoms with E-state index in [2.05, 4.69) is 38.3 Å². The maximum atomic E-state index is 11.5. The molecule has 0 radical (unpaired) electrons. The van der Waals surface area contributed by atoms with Crippen LogP contribution in [0.4, 0.5) is 11.4 Å². The average molecular weight is 263 g/mol. The van der Waals surface area contributed by atoms with E-state index < -0.39 is 0 Å². The van der Waals surface area contributed by atoms with Crippen LogP contribution in [0, 0.1) is 11.3 Å². The van der Waals surface area contributed by atoms with Gasteiger partial charge in [-0.3, -0.25) is 4.79 Å². The van der Waals surface area contributed by atoms with Gasteiger partial charge in [-0.2, -0.15) is 0 Å². The van der Waals surface area contributed by atoms with Gasteiger partial charge < -0.3 is 16.4 Å². The topological polar surface area (TPSA) is 67.2 Å². The van der Waals surface area contributed by atoms with Crippen molar-refractivity contribution in [3.05, 3.63) is 23.8 Å². The van der Waals surface area contributed by atoms with Crippen molar-refractivity contribution in [3.63, 3.8) is 0 Å². The van der Waals surface area contributed by atoms with Gasteiger partial charge in [0.25, 0.3) is 5.91 Å². The van der Waals surface area contributed by atoms with Crippen molar-refractivity contribution in [3.8, 4) is 0 Å². The minimum Gasteiger partial charge on any atom is -0.397 e. The van der Waals surface area contributed by atoms with Crippen LogP contribution in [0.1, 0.15) is 38.1 Å². The molecule has 1 amide bonds. The summed E-state index contributed by atoms with van der Waals surface area (Å²) in [6.45, 7) is 9.72. The monoisotopic (exact) mass is 263 g/mol. The van der Waals surface area contributed by atoms with Gasteiger partial charge in [-0.1, -0.05) is 27.7 Å². The number of amides is 1. The Kier molecular flexibility index (Phi) is 4.81. The zero-order valence-electron chi connectivity index (χ0n) is 12.5. The highest BCUT2D eigenvalue weighted by Crippen LogP contribution is 2.27. The van der Waals surface area contributed by atoms with E-state index in [1.54, 1.807) is 19.2 Å². The third-order valence-electron chi connectivity index (χ3n) is 3.62. The number of carbonyl (C=O) groups is 1. The molecule has 4 heteroatoms. The quantitative estimate of drug-likeness (QED) is 0.732. The fraction of sp³-hybridized carbons (Fsp3) is 0.533. The summed E-state index contributed by atoms with van der Waals surface area (Å²) >= 11 is 0. The van der Waals surface area contributed by atoms with E-state index in [0.717, 1.165) is 12.2 Å². The third kappa shape index (κ3) is 4.16. The molecule has 0 aromatic heterocycles. The molecule has 0 fully saturated rings. The zero-order chi connectivity index (χ0) is 14.6. The maximum Gasteiger partial charge on any atom is 0.251 e. The van der Waals surface area contributed by atoms with E-state index in [0.29, 0.717) is 17.2 Å². The van der Waals surface area contributed by atoms with Crippen LogP contribution < -0.4 is 16.4 Å². The first kappa shape index (κ1) is 15.3. The molecule has 1 unspecified atom stereocenters. The largest absolute Gasteiger partial charge is 0.397 e. The average Bonchev–Trinajstić information content (AvgIpc) is 2.34. The van der Waals surface area contributed by atoms with E-state index in [9.17, 15) is 4.79 Å². The van der Waals surface area contributed by atoms with Gasteiger partial charge in [0.2, 0.25) is 0 Å². The molecule has 1 rings (SSSR count).